The van der Waals surface area contributed by atoms with E-state index < -0.39 is 21.0 Å². The van der Waals surface area contributed by atoms with Gasteiger partial charge in [0.15, 0.2) is 0 Å². The molecule has 2 heteroatoms. The van der Waals surface area contributed by atoms with Gasteiger partial charge in [0, 0.05) is 8.22 Å². The van der Waals surface area contributed by atoms with Crippen molar-refractivity contribution < 1.29 is 12.8 Å². The lowest BCUT2D eigenvalue weighted by Gasteiger charge is -1.59. The third-order valence-corrected chi connectivity index (χ3v) is 0. The summed E-state index contributed by atoms with van der Waals surface area (Å²) >= 11 is 0. The van der Waals surface area contributed by atoms with Crippen LogP contribution in [0, 0.1) is 0 Å². The van der Waals surface area contributed by atoms with Crippen molar-refractivity contribution in [2.24, 2.45) is 0 Å². The number of hydrogen-bond donors (Lipinski definition) is 0. The van der Waals surface area contributed by atoms with E-state index in [1.54, 1.807) is 0 Å². The van der Waals surface area contributed by atoms with Gasteiger partial charge < -0.3 is 4.57 Å². The molecule has 0 rings (SSSR count). The Kier molecular flexibility index (Phi) is 0.199. The largest absolute Gasteiger partial charge is 0.327 e. The number of rotatable bonds is 0. The van der Waals surface area contributed by atoms with E-state index in [0.29, 0.717) is 0 Å². The predicted octanol–water partition coefficient (Wildman–Crippen LogP) is 0.806. The van der Waals surface area contributed by atoms with E-state index in [1.807, 2.05) is 0 Å². The molecule has 0 saturated carbocycles. The van der Waals surface area contributed by atoms with Crippen molar-refractivity contribution >= 4 is 7.80 Å². The minimum absolute atomic E-state index is 2.82. The van der Waals surface area contributed by atoms with Crippen LogP contribution < -0.4 is 0 Å². The van der Waals surface area contributed by atoms with Crippen LogP contribution in [0.25, 0.3) is 0 Å². The molecule has 0 saturated heterocycles. The molecule has 0 N–H and O–H groups in total. The Bertz CT molecular complexity index is 127. The Balaban J connectivity index is 4.40. The minimum atomic E-state index is -3.47. The van der Waals surface area contributed by atoms with E-state index in [0.717, 1.165) is 0 Å². The lowest BCUT2D eigenvalue weighted by atomic mass is 11.9. The van der Waals surface area contributed by atoms with E-state index >= 15 is 0 Å². The molecule has 0 aliphatic carbocycles. The Labute approximate surface area is 35.2 Å². The molecule has 0 unspecified atom stereocenters. The topological polar surface area (TPSA) is 17.1 Å². The lowest BCUT2D eigenvalue weighted by molar-refractivity contribution is 0.594. The molecular formula is C2H7OP. The van der Waals surface area contributed by atoms with Gasteiger partial charge in [-0.1, -0.05) is 0 Å². The van der Waals surface area contributed by atoms with E-state index in [9.17, 15) is 4.57 Å². The van der Waals surface area contributed by atoms with Crippen molar-refractivity contribution in [1.82, 2.24) is 0 Å². The van der Waals surface area contributed by atoms with Crippen molar-refractivity contribution in [3.8, 4) is 0 Å². The van der Waals surface area contributed by atoms with Crippen molar-refractivity contribution in [3.63, 3.8) is 0 Å². The van der Waals surface area contributed by atoms with Gasteiger partial charge in [-0.25, -0.2) is 0 Å². The second kappa shape index (κ2) is 1.54. The summed E-state index contributed by atoms with van der Waals surface area (Å²) in [4.78, 5) is 0. The lowest BCUT2D eigenvalue weighted by Crippen LogP contribution is -1.33. The standard InChI is InChI=1S/C2H7OP/c1-4(2)3/h4H,1-2H3/i1D3,2D3. The minimum Gasteiger partial charge on any atom is -0.327 e. The Morgan fingerprint density at radius 2 is 2.50 bits per heavy atom. The second-order valence-corrected chi connectivity index (χ2v) is 0.987. The monoisotopic (exact) mass is 84.1 g/mol. The van der Waals surface area contributed by atoms with Gasteiger partial charge >= 0.3 is 0 Å². The van der Waals surface area contributed by atoms with Crippen LogP contribution in [0.1, 0.15) is 8.22 Å². The molecule has 0 amide bonds. The number of hydrogen-bond acceptors (Lipinski definition) is 1. The zero-order valence-electron chi connectivity index (χ0n) is 7.91. The normalized spacial score (nSPS) is 37.2. The summed E-state index contributed by atoms with van der Waals surface area (Å²) in [7, 11) is -3.47. The highest BCUT2D eigenvalue weighted by molar-refractivity contribution is 7.42. The predicted molar refractivity (Wildman–Crippen MR) is 20.8 cm³/mol. The van der Waals surface area contributed by atoms with Gasteiger partial charge in [-0.05, 0) is 13.2 Å². The van der Waals surface area contributed by atoms with Crippen LogP contribution in [-0.2, 0) is 4.57 Å². The van der Waals surface area contributed by atoms with Crippen LogP contribution in [0.15, 0.2) is 0 Å². The van der Waals surface area contributed by atoms with Gasteiger partial charge in [0.1, 0.15) is 0 Å². The van der Waals surface area contributed by atoms with Gasteiger partial charge in [0.2, 0.25) is 0 Å². The molecule has 0 aromatic heterocycles. The summed E-state index contributed by atoms with van der Waals surface area (Å²) in [6, 6.07) is 0. The average molecular weight is 84.1 g/mol. The van der Waals surface area contributed by atoms with Crippen LogP contribution in [0.3, 0.4) is 0 Å². The quantitative estimate of drug-likeness (QED) is 0.397. The third-order valence-electron chi connectivity index (χ3n) is 0. The first-order valence-electron chi connectivity index (χ1n) is 3.70. The van der Waals surface area contributed by atoms with E-state index in [4.69, 9.17) is 8.22 Å². The molecule has 0 radical (unpaired) electrons. The summed E-state index contributed by atoms with van der Waals surface area (Å²) in [6.45, 7) is -5.65. The third kappa shape index (κ3) is 63.8. The zero-order valence-corrected chi connectivity index (χ0v) is 2.91. The van der Waals surface area contributed by atoms with E-state index in [-0.39, 0.29) is 0 Å². The van der Waals surface area contributed by atoms with Crippen LogP contribution >= 0.6 is 7.80 Å². The molecule has 26 valence electrons. The molecule has 0 aliphatic heterocycles. The first kappa shape index (κ1) is 0.518. The summed E-state index contributed by atoms with van der Waals surface area (Å²) in [5.41, 5.74) is 0. The fraction of sp³-hybridized carbons (Fsp3) is 1.00. The van der Waals surface area contributed by atoms with Gasteiger partial charge in [-0.15, -0.1) is 0 Å². The van der Waals surface area contributed by atoms with Crippen LogP contribution in [0.4, 0.5) is 0 Å². The highest BCUT2D eigenvalue weighted by Crippen LogP contribution is 2.00. The summed E-state index contributed by atoms with van der Waals surface area (Å²) in [6.07, 6.45) is 0. The second-order valence-electron chi connectivity index (χ2n) is 0.329. The molecule has 0 heterocycles. The summed E-state index contributed by atoms with van der Waals surface area (Å²) in [5, 5.41) is 0. The fourth-order valence-electron chi connectivity index (χ4n) is 0. The Morgan fingerprint density at radius 3 is 2.50 bits per heavy atom. The van der Waals surface area contributed by atoms with Gasteiger partial charge in [-0.2, -0.15) is 0 Å². The molecule has 0 atom stereocenters. The van der Waals surface area contributed by atoms with Crippen LogP contribution in [0.2, 0.25) is 0 Å². The smallest absolute Gasteiger partial charge is 0.0703 e. The SMILES string of the molecule is [2H]C([2H])([2H])[PH](=O)C([2H])([2H])[2H]. The fourth-order valence-corrected chi connectivity index (χ4v) is 0. The zero-order chi connectivity index (χ0) is 8.58. The molecule has 0 spiro atoms. The highest BCUT2D eigenvalue weighted by atomic mass is 31.1. The van der Waals surface area contributed by atoms with E-state index in [1.165, 1.54) is 0 Å². The van der Waals surface area contributed by atoms with Crippen molar-refractivity contribution in [3.05, 3.63) is 0 Å². The molecule has 0 aromatic carbocycles. The first-order valence-corrected chi connectivity index (χ1v) is 2.11. The molecule has 0 aromatic rings. The summed E-state index contributed by atoms with van der Waals surface area (Å²) < 4.78 is 49.5. The van der Waals surface area contributed by atoms with Gasteiger partial charge in [0.05, 0.1) is 7.80 Å². The van der Waals surface area contributed by atoms with Crippen LogP contribution in [0.5, 0.6) is 0 Å². The summed E-state index contributed by atoms with van der Waals surface area (Å²) in [5.74, 6) is 0. The van der Waals surface area contributed by atoms with Gasteiger partial charge in [-0.3, -0.25) is 0 Å². The molecule has 4 heavy (non-hydrogen) atoms. The van der Waals surface area contributed by atoms with Crippen molar-refractivity contribution in [1.29, 1.82) is 0 Å². The van der Waals surface area contributed by atoms with Crippen molar-refractivity contribution in [2.45, 2.75) is 0 Å². The van der Waals surface area contributed by atoms with Crippen molar-refractivity contribution in [2.75, 3.05) is 13.2 Å². The first-order chi connectivity index (χ1) is 4.15. The van der Waals surface area contributed by atoms with Gasteiger partial charge in [0.25, 0.3) is 0 Å². The molecule has 0 aliphatic rings. The maximum absolute atomic E-state index is 10.5. The molecule has 0 fully saturated rings. The Morgan fingerprint density at radius 1 is 2.00 bits per heavy atom. The highest BCUT2D eigenvalue weighted by Gasteiger charge is 1.58. The average Bonchev–Trinajstić information content (AvgIpc) is 1.59. The molecule has 0 bridgehead atoms. The molecular weight excluding hydrogens is 71.0 g/mol. The maximum atomic E-state index is 10.5. The van der Waals surface area contributed by atoms with E-state index in [2.05, 4.69) is 0 Å². The maximum Gasteiger partial charge on any atom is 0.0703 e. The Hall–Kier alpha value is 0.230. The molecule has 1 nitrogen and oxygen atoms in total. The van der Waals surface area contributed by atoms with Crippen LogP contribution in [-0.4, -0.2) is 13.2 Å².